The number of esters is 1. The average molecular weight is 604 g/mol. The monoisotopic (exact) mass is 603 g/mol. The highest BCUT2D eigenvalue weighted by atomic mass is 16.6. The van der Waals surface area contributed by atoms with E-state index in [1.807, 2.05) is 57.8 Å². The summed E-state index contributed by atoms with van der Waals surface area (Å²) in [5.41, 5.74) is 2.60. The predicted octanol–water partition coefficient (Wildman–Crippen LogP) is 5.33. The third-order valence-corrected chi connectivity index (χ3v) is 8.13. The third kappa shape index (κ3) is 6.50. The number of nitrogens with zero attached hydrogens (tertiary/aromatic N) is 5. The van der Waals surface area contributed by atoms with Crippen molar-refractivity contribution in [3.63, 3.8) is 0 Å². The largest absolute Gasteiger partial charge is 0.449 e. The molecule has 0 bridgehead atoms. The van der Waals surface area contributed by atoms with E-state index >= 15 is 0 Å². The average Bonchev–Trinajstić information content (AvgIpc) is 3.55. The van der Waals surface area contributed by atoms with Crippen molar-refractivity contribution in [3.8, 4) is 11.1 Å². The number of ether oxygens (including phenoxy) is 3. The number of pyridine rings is 2. The number of amides is 1. The Hall–Kier alpha value is -4.19. The maximum absolute atomic E-state index is 12.6. The number of nitrogens with one attached hydrogen (secondary N) is 2. The van der Waals surface area contributed by atoms with Crippen LogP contribution >= 0.6 is 0 Å². The molecule has 0 aliphatic carbocycles. The van der Waals surface area contributed by atoms with Crippen LogP contribution in [0.4, 0.5) is 22.1 Å². The minimum atomic E-state index is -0.804. The van der Waals surface area contributed by atoms with Gasteiger partial charge in [0.25, 0.3) is 0 Å². The molecule has 0 aromatic carbocycles. The molecule has 234 valence electrons. The first-order chi connectivity index (χ1) is 20.9. The number of anilines is 3. The van der Waals surface area contributed by atoms with Gasteiger partial charge in [0, 0.05) is 61.9 Å². The topological polar surface area (TPSA) is 133 Å². The van der Waals surface area contributed by atoms with Crippen molar-refractivity contribution in [3.05, 3.63) is 48.0 Å². The molecule has 1 atom stereocenters. The highest BCUT2D eigenvalue weighted by Gasteiger charge is 2.39. The van der Waals surface area contributed by atoms with E-state index in [-0.39, 0.29) is 12.0 Å². The molecule has 12 nitrogen and oxygen atoms in total. The van der Waals surface area contributed by atoms with Gasteiger partial charge in [-0.25, -0.2) is 19.6 Å². The summed E-state index contributed by atoms with van der Waals surface area (Å²) in [7, 11) is 0. The second-order valence-corrected chi connectivity index (χ2v) is 13.2. The van der Waals surface area contributed by atoms with Gasteiger partial charge < -0.3 is 29.7 Å². The van der Waals surface area contributed by atoms with E-state index in [0.29, 0.717) is 35.5 Å². The number of cyclic esters (lactones) is 1. The van der Waals surface area contributed by atoms with Crippen molar-refractivity contribution >= 4 is 29.4 Å². The second-order valence-electron chi connectivity index (χ2n) is 13.2. The molecule has 1 amide bonds. The molecule has 6 rings (SSSR count). The Bertz CT molecular complexity index is 1540. The minimum absolute atomic E-state index is 0.0702. The number of hydrogen-bond donors (Lipinski definition) is 2. The predicted molar refractivity (Wildman–Crippen MR) is 165 cm³/mol. The summed E-state index contributed by atoms with van der Waals surface area (Å²) in [4.78, 5) is 36.6. The Morgan fingerprint density at radius 1 is 1.09 bits per heavy atom. The Morgan fingerprint density at radius 3 is 2.66 bits per heavy atom. The van der Waals surface area contributed by atoms with Gasteiger partial charge in [0.15, 0.2) is 0 Å². The fourth-order valence-corrected chi connectivity index (χ4v) is 6.03. The summed E-state index contributed by atoms with van der Waals surface area (Å²) in [5.74, 6) is 0.810. The van der Waals surface area contributed by atoms with Crippen LogP contribution in [0.15, 0.2) is 36.8 Å². The van der Waals surface area contributed by atoms with Gasteiger partial charge >= 0.3 is 12.1 Å². The van der Waals surface area contributed by atoms with Crippen molar-refractivity contribution in [1.82, 2.24) is 25.1 Å². The molecule has 2 N–H and O–H groups in total. The molecular formula is C32H41N7O5. The number of rotatable bonds is 6. The lowest BCUT2D eigenvalue weighted by molar-refractivity contribution is 0.00830. The molecule has 3 aliphatic heterocycles. The summed E-state index contributed by atoms with van der Waals surface area (Å²) in [6, 6.07) is 5.74. The molecule has 0 radical (unpaired) electrons. The molecular weight excluding hydrogens is 562 g/mol. The quantitative estimate of drug-likeness (QED) is 0.356. The number of carbonyl (C=O) groups is 2. The van der Waals surface area contributed by atoms with Gasteiger partial charge in [0.1, 0.15) is 28.5 Å². The van der Waals surface area contributed by atoms with Crippen molar-refractivity contribution in [2.45, 2.75) is 83.6 Å². The summed E-state index contributed by atoms with van der Waals surface area (Å²) in [6.07, 6.45) is 9.06. The maximum atomic E-state index is 12.6. The smallest absolute Gasteiger partial charge is 0.407 e. The van der Waals surface area contributed by atoms with Gasteiger partial charge in [0.2, 0.25) is 0 Å². The first kappa shape index (κ1) is 29.9. The van der Waals surface area contributed by atoms with Crippen LogP contribution in [0.25, 0.3) is 11.1 Å². The van der Waals surface area contributed by atoms with Crippen molar-refractivity contribution < 1.29 is 23.8 Å². The second kappa shape index (κ2) is 11.7. The number of carbonyl (C=O) groups excluding carboxylic acids is 2. The number of piperidine rings is 1. The molecule has 3 aliphatic rings. The van der Waals surface area contributed by atoms with Gasteiger partial charge in [-0.05, 0) is 72.4 Å². The molecule has 2 fully saturated rings. The van der Waals surface area contributed by atoms with Crippen LogP contribution in [0.1, 0.15) is 82.4 Å². The zero-order valence-electron chi connectivity index (χ0n) is 26.1. The fourth-order valence-electron chi connectivity index (χ4n) is 6.03. The molecule has 6 heterocycles. The molecule has 0 spiro atoms. The van der Waals surface area contributed by atoms with Crippen LogP contribution in [0.5, 0.6) is 0 Å². The van der Waals surface area contributed by atoms with Crippen LogP contribution in [0.3, 0.4) is 0 Å². The van der Waals surface area contributed by atoms with Gasteiger partial charge in [0.05, 0.1) is 23.5 Å². The lowest BCUT2D eigenvalue weighted by atomic mass is 10.0. The van der Waals surface area contributed by atoms with E-state index in [1.165, 1.54) is 0 Å². The first-order valence-electron chi connectivity index (χ1n) is 15.3. The SMILES string of the molecule is CC(C)(C)OC(=O)N[C@H]1CCCN(c2cc(Nc3ccc4c(n3)C(C)(C)OC4=O)ncc2-c2cnn(C3CCOCC3)c2)C1. The van der Waals surface area contributed by atoms with Crippen molar-refractivity contribution in [2.75, 3.05) is 36.5 Å². The summed E-state index contributed by atoms with van der Waals surface area (Å²) < 4.78 is 18.6. The van der Waals surface area contributed by atoms with Crippen LogP contribution in [-0.2, 0) is 19.8 Å². The number of aromatic nitrogens is 4. The van der Waals surface area contributed by atoms with E-state index < -0.39 is 17.3 Å². The highest BCUT2D eigenvalue weighted by Crippen LogP contribution is 2.37. The molecule has 2 saturated heterocycles. The standard InChI is InChI=1S/C32H41N7O5/c1-31(2,3)44-30(41)35-21-7-6-12-38(19-21)25-15-27(36-26-9-8-23-28(37-26)32(4,5)43-29(23)40)33-17-24(25)20-16-34-39(18-20)22-10-13-42-14-11-22/h8-9,15-18,21-22H,6-7,10-14,19H2,1-5H3,(H,35,41)(H,33,36,37)/t21-/m0/s1. The fraction of sp³-hybridized carbons (Fsp3) is 0.531. The minimum Gasteiger partial charge on any atom is -0.449 e. The maximum Gasteiger partial charge on any atom is 0.407 e. The van der Waals surface area contributed by atoms with E-state index in [4.69, 9.17) is 29.3 Å². The summed E-state index contributed by atoms with van der Waals surface area (Å²) in [5, 5.41) is 11.1. The van der Waals surface area contributed by atoms with E-state index in [0.717, 1.165) is 62.3 Å². The Balaban J connectivity index is 1.30. The summed E-state index contributed by atoms with van der Waals surface area (Å²) >= 11 is 0. The molecule has 0 unspecified atom stereocenters. The molecule has 12 heteroatoms. The van der Waals surface area contributed by atoms with Crippen LogP contribution in [0.2, 0.25) is 0 Å². The Kier molecular flexibility index (Phi) is 7.95. The highest BCUT2D eigenvalue weighted by molar-refractivity contribution is 5.94. The molecule has 0 saturated carbocycles. The van der Waals surface area contributed by atoms with Crippen LogP contribution < -0.4 is 15.5 Å². The van der Waals surface area contributed by atoms with Crippen molar-refractivity contribution in [1.29, 1.82) is 0 Å². The number of hydrogen-bond acceptors (Lipinski definition) is 10. The Morgan fingerprint density at radius 2 is 1.89 bits per heavy atom. The normalized spacial score (nSPS) is 20.2. The van der Waals surface area contributed by atoms with E-state index in [1.54, 1.807) is 12.1 Å². The first-order valence-corrected chi connectivity index (χ1v) is 15.3. The van der Waals surface area contributed by atoms with Crippen LogP contribution in [0, 0.1) is 0 Å². The zero-order chi connectivity index (χ0) is 31.1. The molecule has 3 aromatic heterocycles. The van der Waals surface area contributed by atoms with Gasteiger partial charge in [-0.2, -0.15) is 5.10 Å². The molecule has 44 heavy (non-hydrogen) atoms. The third-order valence-electron chi connectivity index (χ3n) is 8.13. The Labute approximate surface area is 257 Å². The van der Waals surface area contributed by atoms with Gasteiger partial charge in [-0.3, -0.25) is 4.68 Å². The van der Waals surface area contributed by atoms with Gasteiger partial charge in [-0.15, -0.1) is 0 Å². The van der Waals surface area contributed by atoms with Gasteiger partial charge in [-0.1, -0.05) is 0 Å². The lowest BCUT2D eigenvalue weighted by Crippen LogP contribution is -2.49. The summed E-state index contributed by atoms with van der Waals surface area (Å²) in [6.45, 7) is 12.2. The van der Waals surface area contributed by atoms with E-state index in [2.05, 4.69) is 21.7 Å². The number of fused-ring (bicyclic) bond motifs is 1. The molecule has 3 aromatic rings. The number of alkyl carbamates (subject to hydrolysis) is 1. The van der Waals surface area contributed by atoms with E-state index in [9.17, 15) is 9.59 Å². The van der Waals surface area contributed by atoms with Crippen molar-refractivity contribution in [2.24, 2.45) is 0 Å². The lowest BCUT2D eigenvalue weighted by Gasteiger charge is -2.36. The zero-order valence-corrected chi connectivity index (χ0v) is 26.1. The van der Waals surface area contributed by atoms with Crippen LogP contribution in [-0.4, -0.2) is 69.8 Å².